The Kier molecular flexibility index (Phi) is 4.88. The highest BCUT2D eigenvalue weighted by Gasteiger charge is 2.27. The standard InChI is InChI=1S/C14H19F3N2O/c1-11(8-18-10-14(15,16)17)19-6-7-20-13-5-3-2-4-12(13)9-19/h2-5,11,18H,6-10H2,1H3. The first-order chi connectivity index (χ1) is 9.46. The van der Waals surface area contributed by atoms with Gasteiger partial charge in [-0.15, -0.1) is 0 Å². The molecule has 2 rings (SSSR count). The number of nitrogens with zero attached hydrogens (tertiary/aromatic N) is 1. The summed E-state index contributed by atoms with van der Waals surface area (Å²) in [6.45, 7) is 3.26. The van der Waals surface area contributed by atoms with Crippen LogP contribution < -0.4 is 10.1 Å². The first-order valence-corrected chi connectivity index (χ1v) is 6.68. The summed E-state index contributed by atoms with van der Waals surface area (Å²) >= 11 is 0. The second kappa shape index (κ2) is 6.45. The number of rotatable bonds is 4. The third-order valence-corrected chi connectivity index (χ3v) is 3.37. The van der Waals surface area contributed by atoms with Gasteiger partial charge in [-0.3, -0.25) is 4.90 Å². The maximum absolute atomic E-state index is 12.1. The fourth-order valence-corrected chi connectivity index (χ4v) is 2.27. The van der Waals surface area contributed by atoms with E-state index < -0.39 is 12.7 Å². The van der Waals surface area contributed by atoms with Gasteiger partial charge in [0.1, 0.15) is 12.4 Å². The topological polar surface area (TPSA) is 24.5 Å². The molecule has 0 amide bonds. The first kappa shape index (κ1) is 15.1. The van der Waals surface area contributed by atoms with E-state index >= 15 is 0 Å². The minimum absolute atomic E-state index is 0.0205. The van der Waals surface area contributed by atoms with E-state index in [2.05, 4.69) is 10.2 Å². The van der Waals surface area contributed by atoms with E-state index in [9.17, 15) is 13.2 Å². The van der Waals surface area contributed by atoms with Crippen molar-refractivity contribution in [3.05, 3.63) is 29.8 Å². The molecule has 1 aromatic carbocycles. The highest BCUT2D eigenvalue weighted by Crippen LogP contribution is 2.23. The zero-order valence-corrected chi connectivity index (χ0v) is 11.4. The van der Waals surface area contributed by atoms with Gasteiger partial charge in [0, 0.05) is 31.2 Å². The summed E-state index contributed by atoms with van der Waals surface area (Å²) in [5, 5.41) is 2.46. The van der Waals surface area contributed by atoms with Crippen LogP contribution in [-0.2, 0) is 6.54 Å². The van der Waals surface area contributed by atoms with Gasteiger partial charge in [0.15, 0.2) is 0 Å². The molecular formula is C14H19F3N2O. The van der Waals surface area contributed by atoms with Gasteiger partial charge in [-0.25, -0.2) is 0 Å². The van der Waals surface area contributed by atoms with E-state index in [1.54, 1.807) is 0 Å². The Bertz CT molecular complexity index is 437. The van der Waals surface area contributed by atoms with Crippen LogP contribution in [0.5, 0.6) is 5.75 Å². The molecule has 6 heteroatoms. The Hall–Kier alpha value is -1.27. The van der Waals surface area contributed by atoms with Crippen LogP contribution in [0.3, 0.4) is 0 Å². The van der Waals surface area contributed by atoms with Crippen molar-refractivity contribution in [2.45, 2.75) is 25.7 Å². The molecule has 0 saturated carbocycles. The molecule has 0 aliphatic carbocycles. The van der Waals surface area contributed by atoms with E-state index in [1.807, 2.05) is 31.2 Å². The van der Waals surface area contributed by atoms with Crippen molar-refractivity contribution in [2.24, 2.45) is 0 Å². The number of hydrogen-bond donors (Lipinski definition) is 1. The minimum atomic E-state index is -4.16. The predicted octanol–water partition coefficient (Wildman–Crippen LogP) is 2.42. The maximum atomic E-state index is 12.1. The lowest BCUT2D eigenvalue weighted by molar-refractivity contribution is -0.125. The van der Waals surface area contributed by atoms with E-state index in [4.69, 9.17) is 4.74 Å². The number of nitrogens with one attached hydrogen (secondary N) is 1. The van der Waals surface area contributed by atoms with E-state index in [0.29, 0.717) is 26.2 Å². The van der Waals surface area contributed by atoms with Crippen molar-refractivity contribution in [1.82, 2.24) is 10.2 Å². The second-order valence-corrected chi connectivity index (χ2v) is 5.02. The van der Waals surface area contributed by atoms with Crippen molar-refractivity contribution < 1.29 is 17.9 Å². The Balaban J connectivity index is 1.89. The van der Waals surface area contributed by atoms with Crippen LogP contribution >= 0.6 is 0 Å². The van der Waals surface area contributed by atoms with Crippen LogP contribution in [0.1, 0.15) is 12.5 Å². The van der Waals surface area contributed by atoms with Gasteiger partial charge < -0.3 is 10.1 Å². The molecule has 0 radical (unpaired) electrons. The monoisotopic (exact) mass is 288 g/mol. The van der Waals surface area contributed by atoms with Gasteiger partial charge >= 0.3 is 6.18 Å². The van der Waals surface area contributed by atoms with Crippen LogP contribution in [0.25, 0.3) is 0 Å². The van der Waals surface area contributed by atoms with E-state index in [0.717, 1.165) is 11.3 Å². The summed E-state index contributed by atoms with van der Waals surface area (Å²) in [6, 6.07) is 7.79. The summed E-state index contributed by atoms with van der Waals surface area (Å²) in [5.41, 5.74) is 1.08. The first-order valence-electron chi connectivity index (χ1n) is 6.68. The van der Waals surface area contributed by atoms with Crippen molar-refractivity contribution in [1.29, 1.82) is 0 Å². The van der Waals surface area contributed by atoms with Crippen molar-refractivity contribution in [3.8, 4) is 5.75 Å². The number of ether oxygens (including phenoxy) is 1. The van der Waals surface area contributed by atoms with Crippen molar-refractivity contribution in [2.75, 3.05) is 26.2 Å². The third kappa shape index (κ3) is 4.38. The molecule has 1 aromatic rings. The third-order valence-electron chi connectivity index (χ3n) is 3.37. The zero-order chi connectivity index (χ0) is 14.6. The Morgan fingerprint density at radius 2 is 2.10 bits per heavy atom. The quantitative estimate of drug-likeness (QED) is 0.921. The number of halogens is 3. The SMILES string of the molecule is CC(CNCC(F)(F)F)N1CCOc2ccccc2C1. The van der Waals surface area contributed by atoms with Gasteiger partial charge in [-0.1, -0.05) is 18.2 Å². The molecule has 1 atom stereocenters. The van der Waals surface area contributed by atoms with Crippen LogP contribution in [0.15, 0.2) is 24.3 Å². The van der Waals surface area contributed by atoms with Crippen LogP contribution in [0.4, 0.5) is 13.2 Å². The molecule has 0 spiro atoms. The van der Waals surface area contributed by atoms with E-state index in [1.165, 1.54) is 0 Å². The molecule has 1 aliphatic heterocycles. The highest BCUT2D eigenvalue weighted by molar-refractivity contribution is 5.33. The van der Waals surface area contributed by atoms with Gasteiger partial charge in [-0.05, 0) is 13.0 Å². The summed E-state index contributed by atoms with van der Waals surface area (Å²) in [5.74, 6) is 0.866. The molecule has 1 aliphatic rings. The number of alkyl halides is 3. The largest absolute Gasteiger partial charge is 0.492 e. The smallest absolute Gasteiger partial charge is 0.401 e. The summed E-state index contributed by atoms with van der Waals surface area (Å²) < 4.78 is 42.0. The van der Waals surface area contributed by atoms with Gasteiger partial charge in [0.2, 0.25) is 0 Å². The van der Waals surface area contributed by atoms with Crippen molar-refractivity contribution in [3.63, 3.8) is 0 Å². The average Bonchev–Trinajstić information content (AvgIpc) is 2.59. The molecule has 112 valence electrons. The number of fused-ring (bicyclic) bond motifs is 1. The lowest BCUT2D eigenvalue weighted by Gasteiger charge is -2.27. The molecule has 1 N–H and O–H groups in total. The number of para-hydroxylation sites is 1. The molecule has 0 saturated heterocycles. The van der Waals surface area contributed by atoms with Gasteiger partial charge in [0.25, 0.3) is 0 Å². The van der Waals surface area contributed by atoms with Crippen LogP contribution in [0, 0.1) is 0 Å². The minimum Gasteiger partial charge on any atom is -0.492 e. The number of benzene rings is 1. The summed E-state index contributed by atoms with van der Waals surface area (Å²) in [6.07, 6.45) is -4.16. The average molecular weight is 288 g/mol. The fraction of sp³-hybridized carbons (Fsp3) is 0.571. The Morgan fingerprint density at radius 3 is 2.85 bits per heavy atom. The highest BCUT2D eigenvalue weighted by atomic mass is 19.4. The molecular weight excluding hydrogens is 269 g/mol. The number of hydrogen-bond acceptors (Lipinski definition) is 3. The van der Waals surface area contributed by atoms with Crippen LogP contribution in [-0.4, -0.2) is 43.4 Å². The predicted molar refractivity (Wildman–Crippen MR) is 70.7 cm³/mol. The Morgan fingerprint density at radius 1 is 1.35 bits per heavy atom. The molecule has 1 heterocycles. The molecule has 1 unspecified atom stereocenters. The maximum Gasteiger partial charge on any atom is 0.401 e. The zero-order valence-electron chi connectivity index (χ0n) is 11.4. The fourth-order valence-electron chi connectivity index (χ4n) is 2.27. The molecule has 0 fully saturated rings. The molecule has 0 aromatic heterocycles. The molecule has 20 heavy (non-hydrogen) atoms. The lowest BCUT2D eigenvalue weighted by atomic mass is 10.1. The lowest BCUT2D eigenvalue weighted by Crippen LogP contribution is -2.43. The molecule has 3 nitrogen and oxygen atoms in total. The Labute approximate surface area is 116 Å². The van der Waals surface area contributed by atoms with Gasteiger partial charge in [0.05, 0.1) is 6.54 Å². The second-order valence-electron chi connectivity index (χ2n) is 5.02. The van der Waals surface area contributed by atoms with Crippen molar-refractivity contribution >= 4 is 0 Å². The summed E-state index contributed by atoms with van der Waals surface area (Å²) in [7, 11) is 0. The normalized spacial score (nSPS) is 18.0. The van der Waals surface area contributed by atoms with Crippen LogP contribution in [0.2, 0.25) is 0 Å². The molecule has 0 bridgehead atoms. The van der Waals surface area contributed by atoms with E-state index in [-0.39, 0.29) is 6.04 Å². The van der Waals surface area contributed by atoms with Gasteiger partial charge in [-0.2, -0.15) is 13.2 Å². The summed E-state index contributed by atoms with van der Waals surface area (Å²) in [4.78, 5) is 2.13.